The van der Waals surface area contributed by atoms with Gasteiger partial charge in [-0.25, -0.2) is 4.98 Å². The Morgan fingerprint density at radius 1 is 0.442 bits per heavy atom. The molecule has 0 unspecified atom stereocenters. The second kappa shape index (κ2) is 9.33. The van der Waals surface area contributed by atoms with E-state index in [4.69, 9.17) is 15.0 Å². The van der Waals surface area contributed by atoms with E-state index >= 15 is 0 Å². The molecule has 0 fully saturated rings. The molecular weight excluding hydrogens is 524 g/mol. The average molecular weight is 549 g/mol. The first-order chi connectivity index (χ1) is 21.3. The van der Waals surface area contributed by atoms with Crippen molar-refractivity contribution in [3.05, 3.63) is 146 Å². The molecule has 1 aliphatic rings. The molecule has 2 heterocycles. The topological polar surface area (TPSA) is 43.6 Å². The standard InChI is InChI=1S/C39H24N4/c1-3-13-25(14-4-1)37-40-38(26-15-5-2-6-16-26)42-39(41-37)43-24-33-31-21-10-9-19-29(31)30-20-11-12-22-32(30)35-28-18-8-7-17-27(28)23-34(43)36(33)35/h1-24H. The van der Waals surface area contributed by atoms with E-state index in [2.05, 4.69) is 89.6 Å². The minimum absolute atomic E-state index is 0.594. The van der Waals surface area contributed by atoms with Gasteiger partial charge in [0, 0.05) is 33.8 Å². The van der Waals surface area contributed by atoms with Gasteiger partial charge in [-0.2, -0.15) is 9.97 Å². The van der Waals surface area contributed by atoms with Crippen LogP contribution in [-0.2, 0) is 0 Å². The first-order valence-electron chi connectivity index (χ1n) is 14.5. The fourth-order valence-corrected chi connectivity index (χ4v) is 6.50. The zero-order valence-electron chi connectivity index (χ0n) is 23.1. The summed E-state index contributed by atoms with van der Waals surface area (Å²) < 4.78 is 2.16. The molecule has 4 nitrogen and oxygen atoms in total. The molecule has 0 aliphatic heterocycles. The summed E-state index contributed by atoms with van der Waals surface area (Å²) in [6.07, 6.45) is 2.22. The second-order valence-electron chi connectivity index (χ2n) is 10.9. The molecule has 6 aromatic carbocycles. The Bertz CT molecular complexity index is 2280. The monoisotopic (exact) mass is 548 g/mol. The van der Waals surface area contributed by atoms with Crippen molar-refractivity contribution in [2.45, 2.75) is 0 Å². The molecular formula is C39H24N4. The largest absolute Gasteiger partial charge is 0.285 e. The second-order valence-corrected chi connectivity index (χ2v) is 10.9. The Morgan fingerprint density at radius 2 is 0.953 bits per heavy atom. The number of fused-ring (bicyclic) bond motifs is 7. The lowest BCUT2D eigenvalue weighted by molar-refractivity contribution is 0.934. The average Bonchev–Trinajstić information content (AvgIpc) is 3.41. The summed E-state index contributed by atoms with van der Waals surface area (Å²) in [6, 6.07) is 48.7. The highest BCUT2D eigenvalue weighted by atomic mass is 15.2. The van der Waals surface area contributed by atoms with Crippen LogP contribution in [0.25, 0.3) is 83.8 Å². The molecule has 2 aromatic heterocycles. The number of aromatic nitrogens is 4. The van der Waals surface area contributed by atoms with Crippen LogP contribution >= 0.6 is 0 Å². The normalized spacial score (nSPS) is 11.7. The van der Waals surface area contributed by atoms with E-state index < -0.39 is 0 Å². The van der Waals surface area contributed by atoms with Crippen LogP contribution < -0.4 is 0 Å². The number of benzene rings is 6. The molecule has 0 N–H and O–H groups in total. The molecule has 4 heteroatoms. The van der Waals surface area contributed by atoms with Gasteiger partial charge in [-0.1, -0.05) is 133 Å². The Labute approximate surface area is 248 Å². The quantitative estimate of drug-likeness (QED) is 0.221. The number of rotatable bonds is 3. The van der Waals surface area contributed by atoms with Crippen molar-refractivity contribution >= 4 is 21.7 Å². The van der Waals surface area contributed by atoms with E-state index in [1.165, 1.54) is 49.5 Å². The molecule has 200 valence electrons. The minimum atomic E-state index is 0.594. The summed E-state index contributed by atoms with van der Waals surface area (Å²) in [4.78, 5) is 15.1. The molecule has 0 radical (unpaired) electrons. The van der Waals surface area contributed by atoms with Gasteiger partial charge in [-0.05, 0) is 39.1 Å². The lowest BCUT2D eigenvalue weighted by Crippen LogP contribution is -2.05. The zero-order chi connectivity index (χ0) is 28.3. The Balaban J connectivity index is 1.43. The van der Waals surface area contributed by atoms with Gasteiger partial charge < -0.3 is 0 Å². The highest BCUT2D eigenvalue weighted by Gasteiger charge is 2.26. The van der Waals surface area contributed by atoms with E-state index in [1.807, 2.05) is 60.7 Å². The summed E-state index contributed by atoms with van der Waals surface area (Å²) in [5.41, 5.74) is 10.3. The molecule has 0 saturated heterocycles. The number of hydrogen-bond acceptors (Lipinski definition) is 3. The van der Waals surface area contributed by atoms with Gasteiger partial charge in [0.15, 0.2) is 11.6 Å². The molecule has 1 aliphatic carbocycles. The highest BCUT2D eigenvalue weighted by Crippen LogP contribution is 2.51. The summed E-state index contributed by atoms with van der Waals surface area (Å²) in [5, 5.41) is 3.62. The Kier molecular flexibility index (Phi) is 5.16. The van der Waals surface area contributed by atoms with Gasteiger partial charge in [0.25, 0.3) is 0 Å². The fourth-order valence-electron chi connectivity index (χ4n) is 6.50. The van der Waals surface area contributed by atoms with Crippen molar-refractivity contribution in [2.24, 2.45) is 0 Å². The van der Waals surface area contributed by atoms with Gasteiger partial charge in [0.2, 0.25) is 5.95 Å². The predicted octanol–water partition coefficient (Wildman–Crippen LogP) is 9.62. The molecule has 8 aromatic rings. The van der Waals surface area contributed by atoms with Crippen LogP contribution in [0.15, 0.2) is 146 Å². The van der Waals surface area contributed by atoms with Gasteiger partial charge in [0.05, 0.1) is 5.52 Å². The molecule has 0 atom stereocenters. The first-order valence-corrected chi connectivity index (χ1v) is 14.5. The minimum Gasteiger partial charge on any atom is -0.285 e. The summed E-state index contributed by atoms with van der Waals surface area (Å²) in [7, 11) is 0. The van der Waals surface area contributed by atoms with Crippen molar-refractivity contribution in [3.63, 3.8) is 0 Å². The lowest BCUT2D eigenvalue weighted by atomic mass is 9.91. The van der Waals surface area contributed by atoms with Crippen LogP contribution in [0.2, 0.25) is 0 Å². The summed E-state index contributed by atoms with van der Waals surface area (Å²) >= 11 is 0. The van der Waals surface area contributed by atoms with Crippen LogP contribution in [0.1, 0.15) is 0 Å². The maximum Gasteiger partial charge on any atom is 0.238 e. The molecule has 0 amide bonds. The Hall–Kier alpha value is -5.87. The van der Waals surface area contributed by atoms with Gasteiger partial charge in [-0.3, -0.25) is 4.57 Å². The summed E-state index contributed by atoms with van der Waals surface area (Å²) in [6.45, 7) is 0. The van der Waals surface area contributed by atoms with Crippen LogP contribution in [-0.4, -0.2) is 19.5 Å². The van der Waals surface area contributed by atoms with Gasteiger partial charge in [0.1, 0.15) is 0 Å². The summed E-state index contributed by atoms with van der Waals surface area (Å²) in [5.74, 6) is 1.88. The third kappa shape index (κ3) is 3.67. The van der Waals surface area contributed by atoms with Crippen molar-refractivity contribution in [2.75, 3.05) is 0 Å². The molecule has 0 spiro atoms. The van der Waals surface area contributed by atoms with E-state index in [0.717, 1.165) is 16.6 Å². The first kappa shape index (κ1) is 23.8. The molecule has 9 rings (SSSR count). The molecule has 0 saturated carbocycles. The van der Waals surface area contributed by atoms with Gasteiger partial charge >= 0.3 is 0 Å². The Morgan fingerprint density at radius 3 is 1.60 bits per heavy atom. The van der Waals surface area contributed by atoms with Crippen LogP contribution in [0.5, 0.6) is 0 Å². The SMILES string of the molecule is c1ccc(-c2nc(-c3ccccc3)nc(-n3cc4c5c(c6ccccc6cc53)-c3ccccc3-c3ccccc3-4)n2)cc1. The van der Waals surface area contributed by atoms with E-state index in [0.29, 0.717) is 17.6 Å². The van der Waals surface area contributed by atoms with E-state index in [1.54, 1.807) is 0 Å². The van der Waals surface area contributed by atoms with E-state index in [9.17, 15) is 0 Å². The van der Waals surface area contributed by atoms with E-state index in [-0.39, 0.29) is 0 Å². The number of nitrogens with zero attached hydrogens (tertiary/aromatic N) is 4. The molecule has 43 heavy (non-hydrogen) atoms. The zero-order valence-corrected chi connectivity index (χ0v) is 23.1. The lowest BCUT2D eigenvalue weighted by Gasteiger charge is -2.14. The third-order valence-electron chi connectivity index (χ3n) is 8.42. The highest BCUT2D eigenvalue weighted by molar-refractivity contribution is 6.21. The van der Waals surface area contributed by atoms with Crippen molar-refractivity contribution in [1.82, 2.24) is 19.5 Å². The van der Waals surface area contributed by atoms with Crippen molar-refractivity contribution in [1.29, 1.82) is 0 Å². The van der Waals surface area contributed by atoms with Crippen molar-refractivity contribution in [3.8, 4) is 62.1 Å². The fraction of sp³-hybridized carbons (Fsp3) is 0. The van der Waals surface area contributed by atoms with Crippen molar-refractivity contribution < 1.29 is 0 Å². The predicted molar refractivity (Wildman–Crippen MR) is 175 cm³/mol. The van der Waals surface area contributed by atoms with Crippen LogP contribution in [0.3, 0.4) is 0 Å². The smallest absolute Gasteiger partial charge is 0.238 e. The number of hydrogen-bond donors (Lipinski definition) is 0. The van der Waals surface area contributed by atoms with Crippen LogP contribution in [0.4, 0.5) is 0 Å². The maximum absolute atomic E-state index is 5.09. The third-order valence-corrected chi connectivity index (χ3v) is 8.42. The molecule has 0 bridgehead atoms. The maximum atomic E-state index is 5.09. The van der Waals surface area contributed by atoms with Gasteiger partial charge in [-0.15, -0.1) is 0 Å². The van der Waals surface area contributed by atoms with Crippen LogP contribution in [0, 0.1) is 0 Å².